The Kier molecular flexibility index (Phi) is 5.55. The molecular weight excluding hydrogens is 286 g/mol. The first-order chi connectivity index (χ1) is 11.3. The fourth-order valence-corrected chi connectivity index (χ4v) is 3.88. The van der Waals surface area contributed by atoms with Gasteiger partial charge in [0.2, 0.25) is 0 Å². The highest BCUT2D eigenvalue weighted by Crippen LogP contribution is 2.21. The van der Waals surface area contributed by atoms with Crippen molar-refractivity contribution in [1.29, 1.82) is 0 Å². The molecule has 1 atom stereocenters. The van der Waals surface area contributed by atoms with Gasteiger partial charge >= 0.3 is 6.03 Å². The van der Waals surface area contributed by atoms with Crippen LogP contribution < -0.4 is 10.6 Å². The van der Waals surface area contributed by atoms with Gasteiger partial charge in [-0.15, -0.1) is 0 Å². The molecular formula is C19H29N3O. The molecule has 0 radical (unpaired) electrons. The molecule has 1 heterocycles. The van der Waals surface area contributed by atoms with Crippen LogP contribution in [0.5, 0.6) is 0 Å². The van der Waals surface area contributed by atoms with Crippen LogP contribution in [0.3, 0.4) is 0 Å². The molecule has 1 saturated carbocycles. The van der Waals surface area contributed by atoms with Crippen molar-refractivity contribution in [3.8, 4) is 0 Å². The molecule has 2 aliphatic rings. The number of nitrogens with one attached hydrogen (secondary N) is 2. The molecule has 4 nitrogen and oxygen atoms in total. The average molecular weight is 315 g/mol. The quantitative estimate of drug-likeness (QED) is 0.877. The minimum atomic E-state index is 0.00718. The second-order valence-corrected chi connectivity index (χ2v) is 6.89. The average Bonchev–Trinajstić information content (AvgIpc) is 3.08. The summed E-state index contributed by atoms with van der Waals surface area (Å²) in [5.41, 5.74) is 2.91. The molecule has 1 fully saturated rings. The summed E-state index contributed by atoms with van der Waals surface area (Å²) in [6.45, 7) is 5.03. The van der Waals surface area contributed by atoms with E-state index in [9.17, 15) is 4.79 Å². The molecule has 0 spiro atoms. The Balaban J connectivity index is 1.49. The first kappa shape index (κ1) is 16.3. The Morgan fingerprint density at radius 3 is 2.74 bits per heavy atom. The van der Waals surface area contributed by atoms with Crippen LogP contribution in [0, 0.1) is 0 Å². The van der Waals surface area contributed by atoms with Crippen LogP contribution in [-0.2, 0) is 13.0 Å². The predicted octanol–water partition coefficient (Wildman–Crippen LogP) is 3.07. The number of hydrogen-bond acceptors (Lipinski definition) is 2. The van der Waals surface area contributed by atoms with Crippen molar-refractivity contribution in [3.05, 3.63) is 35.4 Å². The van der Waals surface area contributed by atoms with Gasteiger partial charge in [-0.25, -0.2) is 4.79 Å². The Labute approximate surface area is 139 Å². The van der Waals surface area contributed by atoms with Crippen LogP contribution in [0.25, 0.3) is 0 Å². The lowest BCUT2D eigenvalue weighted by atomic mass is 9.98. The summed E-state index contributed by atoms with van der Waals surface area (Å²) in [6.07, 6.45) is 6.93. The molecule has 23 heavy (non-hydrogen) atoms. The fraction of sp³-hybridized carbons (Fsp3) is 0.632. The SMILES string of the molecule is CC[C@H](CNC(=O)NC1CCCC1)N1CCc2ccccc2C1. The van der Waals surface area contributed by atoms with Crippen molar-refractivity contribution in [1.82, 2.24) is 15.5 Å². The summed E-state index contributed by atoms with van der Waals surface area (Å²) < 4.78 is 0. The zero-order valence-corrected chi connectivity index (χ0v) is 14.2. The van der Waals surface area contributed by atoms with Gasteiger partial charge in [0.05, 0.1) is 0 Å². The summed E-state index contributed by atoms with van der Waals surface area (Å²) in [6, 6.07) is 9.52. The molecule has 3 rings (SSSR count). The number of amides is 2. The van der Waals surface area contributed by atoms with E-state index in [4.69, 9.17) is 0 Å². The molecule has 126 valence electrons. The van der Waals surface area contributed by atoms with E-state index in [0.29, 0.717) is 12.1 Å². The van der Waals surface area contributed by atoms with E-state index in [1.807, 2.05) is 0 Å². The van der Waals surface area contributed by atoms with Crippen LogP contribution in [0.2, 0.25) is 0 Å². The first-order valence-electron chi connectivity index (χ1n) is 9.11. The molecule has 2 N–H and O–H groups in total. The Morgan fingerprint density at radius 1 is 1.26 bits per heavy atom. The first-order valence-corrected chi connectivity index (χ1v) is 9.11. The maximum Gasteiger partial charge on any atom is 0.315 e. The summed E-state index contributed by atoms with van der Waals surface area (Å²) >= 11 is 0. The van der Waals surface area contributed by atoms with E-state index >= 15 is 0 Å². The van der Waals surface area contributed by atoms with Gasteiger partial charge in [-0.1, -0.05) is 44.0 Å². The van der Waals surface area contributed by atoms with E-state index in [-0.39, 0.29) is 6.03 Å². The lowest BCUT2D eigenvalue weighted by Crippen LogP contribution is -2.49. The molecule has 0 aromatic heterocycles. The maximum absolute atomic E-state index is 12.1. The van der Waals surface area contributed by atoms with Crippen molar-refractivity contribution in [2.24, 2.45) is 0 Å². The monoisotopic (exact) mass is 315 g/mol. The molecule has 1 aliphatic carbocycles. The van der Waals surface area contributed by atoms with Gasteiger partial charge in [-0.2, -0.15) is 0 Å². The lowest BCUT2D eigenvalue weighted by Gasteiger charge is -2.35. The van der Waals surface area contributed by atoms with E-state index in [1.165, 1.54) is 24.0 Å². The number of nitrogens with zero attached hydrogens (tertiary/aromatic N) is 1. The molecule has 1 aromatic carbocycles. The summed E-state index contributed by atoms with van der Waals surface area (Å²) in [5, 5.41) is 6.20. The number of carbonyl (C=O) groups is 1. The van der Waals surface area contributed by atoms with Crippen LogP contribution in [-0.4, -0.2) is 36.1 Å². The second-order valence-electron chi connectivity index (χ2n) is 6.89. The highest BCUT2D eigenvalue weighted by molar-refractivity contribution is 5.74. The van der Waals surface area contributed by atoms with E-state index < -0.39 is 0 Å². The predicted molar refractivity (Wildman–Crippen MR) is 93.4 cm³/mol. The van der Waals surface area contributed by atoms with Crippen molar-refractivity contribution in [2.45, 2.75) is 64.1 Å². The van der Waals surface area contributed by atoms with Crippen molar-refractivity contribution in [2.75, 3.05) is 13.1 Å². The zero-order valence-electron chi connectivity index (χ0n) is 14.2. The zero-order chi connectivity index (χ0) is 16.1. The smallest absolute Gasteiger partial charge is 0.315 e. The topological polar surface area (TPSA) is 44.4 Å². The molecule has 4 heteroatoms. The molecule has 1 aliphatic heterocycles. The fourth-order valence-electron chi connectivity index (χ4n) is 3.88. The Bertz CT molecular complexity index is 525. The van der Waals surface area contributed by atoms with E-state index in [1.54, 1.807) is 0 Å². The highest BCUT2D eigenvalue weighted by Gasteiger charge is 2.23. The largest absolute Gasteiger partial charge is 0.337 e. The number of rotatable bonds is 5. The summed E-state index contributed by atoms with van der Waals surface area (Å²) in [7, 11) is 0. The normalized spacial score (nSPS) is 20.0. The van der Waals surface area contributed by atoms with Crippen LogP contribution in [0.1, 0.15) is 50.2 Å². The van der Waals surface area contributed by atoms with E-state index in [2.05, 4.69) is 46.7 Å². The van der Waals surface area contributed by atoms with Gasteiger partial charge in [-0.05, 0) is 36.8 Å². The number of carbonyl (C=O) groups excluding carboxylic acids is 1. The van der Waals surface area contributed by atoms with Crippen LogP contribution in [0.4, 0.5) is 4.79 Å². The lowest BCUT2D eigenvalue weighted by molar-refractivity contribution is 0.169. The third-order valence-electron chi connectivity index (χ3n) is 5.34. The molecule has 1 aromatic rings. The minimum Gasteiger partial charge on any atom is -0.337 e. The molecule has 0 saturated heterocycles. The maximum atomic E-state index is 12.1. The molecule has 0 bridgehead atoms. The standard InChI is InChI=1S/C19H29N3O/c1-2-18(13-20-19(23)21-17-9-5-6-10-17)22-12-11-15-7-3-4-8-16(15)14-22/h3-4,7-8,17-18H,2,5-6,9-14H2,1H3,(H2,20,21,23)/t18-/m1/s1. The number of benzene rings is 1. The van der Waals surface area contributed by atoms with Gasteiger partial charge in [-0.3, -0.25) is 4.90 Å². The number of urea groups is 1. The second kappa shape index (κ2) is 7.82. The summed E-state index contributed by atoms with van der Waals surface area (Å²) in [5.74, 6) is 0. The van der Waals surface area contributed by atoms with Gasteiger partial charge in [0, 0.05) is 31.7 Å². The Hall–Kier alpha value is -1.55. The highest BCUT2D eigenvalue weighted by atomic mass is 16.2. The van der Waals surface area contributed by atoms with Crippen LogP contribution >= 0.6 is 0 Å². The van der Waals surface area contributed by atoms with Gasteiger partial charge in [0.15, 0.2) is 0 Å². The molecule has 2 amide bonds. The third kappa shape index (κ3) is 4.25. The van der Waals surface area contributed by atoms with Crippen molar-refractivity contribution < 1.29 is 4.79 Å². The number of fused-ring (bicyclic) bond motifs is 1. The third-order valence-corrected chi connectivity index (χ3v) is 5.34. The van der Waals surface area contributed by atoms with Crippen LogP contribution in [0.15, 0.2) is 24.3 Å². The van der Waals surface area contributed by atoms with Gasteiger partial charge < -0.3 is 10.6 Å². The summed E-state index contributed by atoms with van der Waals surface area (Å²) in [4.78, 5) is 14.6. The van der Waals surface area contributed by atoms with Crippen molar-refractivity contribution in [3.63, 3.8) is 0 Å². The number of hydrogen-bond donors (Lipinski definition) is 2. The van der Waals surface area contributed by atoms with E-state index in [0.717, 1.165) is 45.3 Å². The Morgan fingerprint density at radius 2 is 2.00 bits per heavy atom. The minimum absolute atomic E-state index is 0.00718. The van der Waals surface area contributed by atoms with Gasteiger partial charge in [0.25, 0.3) is 0 Å². The van der Waals surface area contributed by atoms with Gasteiger partial charge in [0.1, 0.15) is 0 Å². The van der Waals surface area contributed by atoms with Crippen molar-refractivity contribution >= 4 is 6.03 Å². The molecule has 0 unspecified atom stereocenters.